The first-order valence-electron chi connectivity index (χ1n) is 8.65. The van der Waals surface area contributed by atoms with Gasteiger partial charge in [-0.1, -0.05) is 20.3 Å². The molecule has 5 heteroatoms. The molecule has 0 spiro atoms. The van der Waals surface area contributed by atoms with Crippen LogP contribution in [0.25, 0.3) is 0 Å². The number of aromatic nitrogens is 3. The van der Waals surface area contributed by atoms with Crippen LogP contribution in [0.1, 0.15) is 82.4 Å². The molecule has 1 aromatic rings. The highest BCUT2D eigenvalue weighted by molar-refractivity contribution is 5.51. The zero-order valence-electron chi connectivity index (χ0n) is 13.9. The van der Waals surface area contributed by atoms with E-state index in [0.29, 0.717) is 24.8 Å². The molecule has 1 aromatic heterocycles. The van der Waals surface area contributed by atoms with Gasteiger partial charge >= 0.3 is 0 Å². The van der Waals surface area contributed by atoms with Crippen molar-refractivity contribution < 1.29 is 9.90 Å². The van der Waals surface area contributed by atoms with Crippen molar-refractivity contribution in [3.05, 3.63) is 11.6 Å². The van der Waals surface area contributed by atoms with Gasteiger partial charge in [0.2, 0.25) is 0 Å². The highest BCUT2D eigenvalue weighted by atomic mass is 16.2. The van der Waals surface area contributed by atoms with Gasteiger partial charge in [-0.25, -0.2) is 0 Å². The molecule has 0 bridgehead atoms. The van der Waals surface area contributed by atoms with Crippen molar-refractivity contribution in [3.63, 3.8) is 0 Å². The average molecular weight is 307 g/mol. The first-order valence-corrected chi connectivity index (χ1v) is 8.65. The van der Waals surface area contributed by atoms with Gasteiger partial charge in [0.1, 0.15) is 17.9 Å². The van der Waals surface area contributed by atoms with Crippen LogP contribution in [-0.4, -0.2) is 32.8 Å². The van der Waals surface area contributed by atoms with E-state index in [-0.39, 0.29) is 12.5 Å². The predicted octanol–water partition coefficient (Wildman–Crippen LogP) is 3.04. The molecule has 1 fully saturated rings. The lowest BCUT2D eigenvalue weighted by Crippen LogP contribution is -2.12. The van der Waals surface area contributed by atoms with E-state index in [0.717, 1.165) is 37.2 Å². The minimum atomic E-state index is 0.0941. The molecule has 1 unspecified atom stereocenters. The summed E-state index contributed by atoms with van der Waals surface area (Å²) in [6, 6.07) is 0.530. The molecule has 1 aliphatic carbocycles. The van der Waals surface area contributed by atoms with Crippen LogP contribution >= 0.6 is 0 Å². The van der Waals surface area contributed by atoms with E-state index in [2.05, 4.69) is 28.6 Å². The fourth-order valence-electron chi connectivity index (χ4n) is 2.99. The zero-order chi connectivity index (χ0) is 15.9. The molecule has 5 nitrogen and oxygen atoms in total. The molecule has 0 aliphatic heterocycles. The largest absolute Gasteiger partial charge is 0.396 e. The van der Waals surface area contributed by atoms with Gasteiger partial charge in [0, 0.05) is 31.4 Å². The normalized spacial score (nSPS) is 16.2. The molecule has 22 heavy (non-hydrogen) atoms. The van der Waals surface area contributed by atoms with Crippen molar-refractivity contribution in [1.29, 1.82) is 0 Å². The number of rotatable bonds is 11. The molecular weight excluding hydrogens is 278 g/mol. The quantitative estimate of drug-likeness (QED) is 0.638. The molecule has 1 N–H and O–H groups in total. The number of carbonyl (C=O) groups excluding carboxylic acids is 1. The Morgan fingerprint density at radius 3 is 2.64 bits per heavy atom. The van der Waals surface area contributed by atoms with Crippen molar-refractivity contribution in [2.24, 2.45) is 5.92 Å². The molecule has 1 aliphatic rings. The van der Waals surface area contributed by atoms with Crippen LogP contribution in [-0.2, 0) is 11.2 Å². The van der Waals surface area contributed by atoms with E-state index in [1.54, 1.807) is 0 Å². The summed E-state index contributed by atoms with van der Waals surface area (Å²) >= 11 is 0. The number of aldehydes is 1. The van der Waals surface area contributed by atoms with Gasteiger partial charge in [-0.05, 0) is 38.0 Å². The summed E-state index contributed by atoms with van der Waals surface area (Å²) < 4.78 is 2.30. The number of carbonyl (C=O) groups is 1. The second-order valence-electron chi connectivity index (χ2n) is 6.83. The molecule has 1 heterocycles. The van der Waals surface area contributed by atoms with Crippen LogP contribution in [0, 0.1) is 5.92 Å². The third kappa shape index (κ3) is 4.63. The molecule has 0 amide bonds. The number of aliphatic hydroxyl groups excluding tert-OH is 1. The monoisotopic (exact) mass is 307 g/mol. The molecule has 1 saturated carbocycles. The molecule has 0 aromatic carbocycles. The summed E-state index contributed by atoms with van der Waals surface area (Å²) in [4.78, 5) is 11.0. The highest BCUT2D eigenvalue weighted by Crippen LogP contribution is 2.39. The van der Waals surface area contributed by atoms with E-state index < -0.39 is 0 Å². The Morgan fingerprint density at radius 2 is 2.05 bits per heavy atom. The summed E-state index contributed by atoms with van der Waals surface area (Å²) in [5.41, 5.74) is 0. The lowest BCUT2D eigenvalue weighted by atomic mass is 9.99. The van der Waals surface area contributed by atoms with Crippen LogP contribution in [0.15, 0.2) is 0 Å². The molecule has 2 rings (SSSR count). The maximum absolute atomic E-state index is 11.0. The van der Waals surface area contributed by atoms with Crippen molar-refractivity contribution in [1.82, 2.24) is 14.8 Å². The average Bonchev–Trinajstić information content (AvgIpc) is 3.24. The Morgan fingerprint density at radius 1 is 1.27 bits per heavy atom. The van der Waals surface area contributed by atoms with Crippen LogP contribution in [0.3, 0.4) is 0 Å². The van der Waals surface area contributed by atoms with Gasteiger partial charge in [-0.2, -0.15) is 0 Å². The van der Waals surface area contributed by atoms with Crippen molar-refractivity contribution in [2.45, 2.75) is 77.2 Å². The number of hydrogen-bond donors (Lipinski definition) is 1. The Bertz CT molecular complexity index is 466. The van der Waals surface area contributed by atoms with E-state index in [1.807, 2.05) is 0 Å². The van der Waals surface area contributed by atoms with Crippen LogP contribution in [0.2, 0.25) is 0 Å². The maximum Gasteiger partial charge on any atom is 0.136 e. The second kappa shape index (κ2) is 8.42. The fourth-order valence-corrected chi connectivity index (χ4v) is 2.99. The minimum Gasteiger partial charge on any atom is -0.396 e. The molecule has 1 atom stereocenters. The molecular formula is C17H29N3O2. The van der Waals surface area contributed by atoms with E-state index >= 15 is 0 Å². The fraction of sp³-hybridized carbons (Fsp3) is 0.824. The van der Waals surface area contributed by atoms with Crippen LogP contribution in [0.5, 0.6) is 0 Å². The molecule has 124 valence electrons. The second-order valence-corrected chi connectivity index (χ2v) is 6.83. The summed E-state index contributed by atoms with van der Waals surface area (Å²) in [6.07, 6.45) is 8.63. The zero-order valence-corrected chi connectivity index (χ0v) is 13.9. The summed E-state index contributed by atoms with van der Waals surface area (Å²) in [5, 5.41) is 17.9. The lowest BCUT2D eigenvalue weighted by Gasteiger charge is -2.16. The van der Waals surface area contributed by atoms with Gasteiger partial charge in [0.15, 0.2) is 0 Å². The summed E-state index contributed by atoms with van der Waals surface area (Å²) in [7, 11) is 0. The lowest BCUT2D eigenvalue weighted by molar-refractivity contribution is -0.108. The maximum atomic E-state index is 11.0. The van der Waals surface area contributed by atoms with E-state index in [1.165, 1.54) is 19.3 Å². The first kappa shape index (κ1) is 17.1. The minimum absolute atomic E-state index is 0.0941. The Hall–Kier alpha value is -1.23. The van der Waals surface area contributed by atoms with E-state index in [4.69, 9.17) is 5.11 Å². The number of hydrogen-bond acceptors (Lipinski definition) is 4. The van der Waals surface area contributed by atoms with Gasteiger partial charge in [0.25, 0.3) is 0 Å². The third-order valence-corrected chi connectivity index (χ3v) is 4.34. The number of nitrogens with zero attached hydrogens (tertiary/aromatic N) is 3. The smallest absolute Gasteiger partial charge is 0.136 e. The standard InChI is InChI=1S/C17H29N3O2/c1-13(2)5-3-7-16-18-19-17(20(16)15-8-9-15)14(10-12-22)6-4-11-21/h12-15,21H,3-11H2,1-2H3. The van der Waals surface area contributed by atoms with Crippen LogP contribution in [0.4, 0.5) is 0 Å². The Balaban J connectivity index is 2.12. The number of aryl methyl sites for hydroxylation is 1. The molecule has 0 saturated heterocycles. The SMILES string of the molecule is CC(C)CCCc1nnc(C(CC=O)CCCO)n1C1CC1. The van der Waals surface area contributed by atoms with Crippen molar-refractivity contribution in [2.75, 3.05) is 6.61 Å². The third-order valence-electron chi connectivity index (χ3n) is 4.34. The van der Waals surface area contributed by atoms with Crippen molar-refractivity contribution in [3.8, 4) is 0 Å². The Kier molecular flexibility index (Phi) is 6.55. The highest BCUT2D eigenvalue weighted by Gasteiger charge is 2.31. The topological polar surface area (TPSA) is 68.0 Å². The predicted molar refractivity (Wildman–Crippen MR) is 85.8 cm³/mol. The number of aliphatic hydroxyl groups is 1. The van der Waals surface area contributed by atoms with Gasteiger partial charge in [-0.3, -0.25) is 0 Å². The first-order chi connectivity index (χ1) is 10.7. The van der Waals surface area contributed by atoms with Gasteiger partial charge < -0.3 is 14.5 Å². The van der Waals surface area contributed by atoms with Gasteiger partial charge in [-0.15, -0.1) is 10.2 Å². The molecule has 0 radical (unpaired) electrons. The Labute approximate surface area is 133 Å². The summed E-state index contributed by atoms with van der Waals surface area (Å²) in [6.45, 7) is 4.65. The van der Waals surface area contributed by atoms with Gasteiger partial charge in [0.05, 0.1) is 0 Å². The van der Waals surface area contributed by atoms with E-state index in [9.17, 15) is 4.79 Å². The van der Waals surface area contributed by atoms with Crippen molar-refractivity contribution >= 4 is 6.29 Å². The summed E-state index contributed by atoms with van der Waals surface area (Å²) in [5.74, 6) is 2.85. The van der Waals surface area contributed by atoms with Crippen LogP contribution < -0.4 is 0 Å².